The Morgan fingerprint density at radius 1 is 1.00 bits per heavy atom. The Morgan fingerprint density at radius 3 is 1.67 bits per heavy atom. The molecular weight excluding hydrogens is 187 g/mol. The van der Waals surface area contributed by atoms with E-state index >= 15 is 0 Å². The van der Waals surface area contributed by atoms with Gasteiger partial charge in [-0.25, -0.2) is 0 Å². The van der Waals surface area contributed by atoms with Crippen LogP contribution in [-0.4, -0.2) is 0 Å². The van der Waals surface area contributed by atoms with E-state index in [2.05, 4.69) is 0 Å². The smallest absolute Gasteiger partial charge is 0.0313 e. The zero-order chi connectivity index (χ0) is 5.11. The van der Waals surface area contributed by atoms with Crippen molar-refractivity contribution in [1.82, 2.24) is 0 Å². The van der Waals surface area contributed by atoms with Crippen LogP contribution in [0.5, 0.6) is 0 Å². The van der Waals surface area contributed by atoms with Crippen LogP contribution in [0.1, 0.15) is 0 Å². The summed E-state index contributed by atoms with van der Waals surface area (Å²) in [6.45, 7) is 0. The molecule has 9 heavy (non-hydrogen) atoms. The second-order valence-electron chi connectivity index (χ2n) is 1.41. The van der Waals surface area contributed by atoms with Crippen LogP contribution in [0.25, 0.3) is 0 Å². The fraction of sp³-hybridized carbons (Fsp3) is 0. The largest absolute Gasteiger partial charge is 0.399 e. The molecule has 0 amide bonds. The zero-order valence-corrected chi connectivity index (χ0v) is 8.38. The predicted octanol–water partition coefficient (Wildman–Crippen LogP) is 1.72. The van der Waals surface area contributed by atoms with Crippen molar-refractivity contribution in [1.29, 1.82) is 0 Å². The van der Waals surface area contributed by atoms with Crippen molar-refractivity contribution in [3.8, 4) is 0 Å². The van der Waals surface area contributed by atoms with Gasteiger partial charge in [0.2, 0.25) is 0 Å². The molecule has 0 aliphatic heterocycles. The van der Waals surface area contributed by atoms with Gasteiger partial charge in [-0.05, 0) is 12.1 Å². The molecule has 47 valence electrons. The topological polar surface area (TPSA) is 26.0 Å². The molecule has 2 N–H and O–H groups in total. The Balaban J connectivity index is 0. The van der Waals surface area contributed by atoms with Gasteiger partial charge in [-0.1, -0.05) is 18.2 Å². The SMILES string of the molecule is Nc1ccccc1.[CH3-].[Y]. The third-order valence-electron chi connectivity index (χ3n) is 0.800. The van der Waals surface area contributed by atoms with E-state index in [4.69, 9.17) is 5.73 Å². The second-order valence-corrected chi connectivity index (χ2v) is 1.41. The molecule has 1 aromatic rings. The molecule has 1 radical (unpaired) electrons. The fourth-order valence-corrected chi connectivity index (χ4v) is 0.453. The average molecular weight is 197 g/mol. The Morgan fingerprint density at radius 2 is 1.44 bits per heavy atom. The van der Waals surface area contributed by atoms with E-state index in [0.29, 0.717) is 0 Å². The standard InChI is InChI=1S/C6H7N.CH3.Y/c7-6-4-2-1-3-5-6;;/h1-5H,7H2;1H3;/q;-1;. The van der Waals surface area contributed by atoms with E-state index in [1.54, 1.807) is 0 Å². The van der Waals surface area contributed by atoms with E-state index in [1.165, 1.54) is 0 Å². The van der Waals surface area contributed by atoms with E-state index in [0.717, 1.165) is 5.69 Å². The Kier molecular flexibility index (Phi) is 8.24. The fourth-order valence-electron chi connectivity index (χ4n) is 0.453. The van der Waals surface area contributed by atoms with Gasteiger partial charge in [-0.2, -0.15) is 0 Å². The molecule has 0 saturated heterocycles. The normalized spacial score (nSPS) is 6.67. The minimum Gasteiger partial charge on any atom is -0.399 e. The maximum Gasteiger partial charge on any atom is 0.0313 e. The summed E-state index contributed by atoms with van der Waals surface area (Å²) in [7, 11) is 0. The number of anilines is 1. The van der Waals surface area contributed by atoms with Gasteiger partial charge in [0.25, 0.3) is 0 Å². The van der Waals surface area contributed by atoms with Crippen molar-refractivity contribution >= 4 is 5.69 Å². The zero-order valence-electron chi connectivity index (χ0n) is 5.54. The number of hydrogen-bond donors (Lipinski definition) is 1. The van der Waals surface area contributed by atoms with Gasteiger partial charge in [0, 0.05) is 38.4 Å². The van der Waals surface area contributed by atoms with Gasteiger partial charge in [0.15, 0.2) is 0 Å². The van der Waals surface area contributed by atoms with E-state index in [1.807, 2.05) is 30.3 Å². The molecule has 1 rings (SSSR count). The summed E-state index contributed by atoms with van der Waals surface area (Å²) in [6, 6.07) is 9.49. The van der Waals surface area contributed by atoms with Crippen LogP contribution in [0.15, 0.2) is 30.3 Å². The first-order valence-electron chi connectivity index (χ1n) is 2.20. The third-order valence-corrected chi connectivity index (χ3v) is 0.800. The first kappa shape index (κ1) is 11.9. The molecule has 0 bridgehead atoms. The molecule has 0 aromatic heterocycles. The van der Waals surface area contributed by atoms with Gasteiger partial charge in [0.05, 0.1) is 0 Å². The summed E-state index contributed by atoms with van der Waals surface area (Å²) in [5, 5.41) is 0. The predicted molar refractivity (Wildman–Crippen MR) is 37.3 cm³/mol. The molecular formula is C7H10NY-. The van der Waals surface area contributed by atoms with Crippen LogP contribution in [0.2, 0.25) is 0 Å². The molecule has 1 nitrogen and oxygen atoms in total. The van der Waals surface area contributed by atoms with Crippen molar-refractivity contribution in [2.45, 2.75) is 0 Å². The molecule has 0 unspecified atom stereocenters. The van der Waals surface area contributed by atoms with Crippen molar-refractivity contribution in [2.24, 2.45) is 0 Å². The number of nitrogen functional groups attached to an aromatic ring is 1. The van der Waals surface area contributed by atoms with E-state index in [9.17, 15) is 0 Å². The third kappa shape index (κ3) is 4.62. The van der Waals surface area contributed by atoms with Gasteiger partial charge in [0.1, 0.15) is 0 Å². The number of rotatable bonds is 0. The molecule has 0 heterocycles. The number of hydrogen-bond acceptors (Lipinski definition) is 1. The summed E-state index contributed by atoms with van der Waals surface area (Å²) in [4.78, 5) is 0. The second kappa shape index (κ2) is 6.25. The number of benzene rings is 1. The maximum atomic E-state index is 5.36. The molecule has 0 aliphatic rings. The van der Waals surface area contributed by atoms with Crippen molar-refractivity contribution in [3.63, 3.8) is 0 Å². The molecule has 0 aliphatic carbocycles. The number of para-hydroxylation sites is 1. The van der Waals surface area contributed by atoms with E-state index < -0.39 is 0 Å². The minimum absolute atomic E-state index is 0. The summed E-state index contributed by atoms with van der Waals surface area (Å²) in [5.74, 6) is 0. The van der Waals surface area contributed by atoms with Gasteiger partial charge >= 0.3 is 0 Å². The van der Waals surface area contributed by atoms with Crippen LogP contribution in [0.4, 0.5) is 5.69 Å². The molecule has 2 heteroatoms. The summed E-state index contributed by atoms with van der Waals surface area (Å²) < 4.78 is 0. The van der Waals surface area contributed by atoms with E-state index in [-0.39, 0.29) is 40.1 Å². The van der Waals surface area contributed by atoms with Crippen LogP contribution >= 0.6 is 0 Å². The molecule has 0 spiro atoms. The Bertz CT molecular complexity index is 139. The first-order valence-corrected chi connectivity index (χ1v) is 2.20. The molecule has 0 saturated carbocycles. The summed E-state index contributed by atoms with van der Waals surface area (Å²) in [6.07, 6.45) is 0. The average Bonchev–Trinajstić information content (AvgIpc) is 1.69. The minimum atomic E-state index is 0. The van der Waals surface area contributed by atoms with Crippen LogP contribution in [0.3, 0.4) is 0 Å². The van der Waals surface area contributed by atoms with Gasteiger partial charge in [-0.3, -0.25) is 0 Å². The Hall–Kier alpha value is 0.124. The Labute approximate surface area is 81.5 Å². The summed E-state index contributed by atoms with van der Waals surface area (Å²) in [5.41, 5.74) is 6.18. The van der Waals surface area contributed by atoms with Crippen molar-refractivity contribution < 1.29 is 32.7 Å². The maximum absolute atomic E-state index is 5.36. The van der Waals surface area contributed by atoms with Gasteiger partial charge in [-0.15, -0.1) is 0 Å². The first-order chi connectivity index (χ1) is 3.39. The molecule has 0 fully saturated rings. The van der Waals surface area contributed by atoms with Gasteiger partial charge < -0.3 is 13.2 Å². The number of nitrogens with two attached hydrogens (primary N) is 1. The quantitative estimate of drug-likeness (QED) is 0.497. The van der Waals surface area contributed by atoms with Crippen LogP contribution in [-0.2, 0) is 32.7 Å². The molecule has 0 atom stereocenters. The monoisotopic (exact) mass is 197 g/mol. The van der Waals surface area contributed by atoms with Crippen molar-refractivity contribution in [2.75, 3.05) is 5.73 Å². The van der Waals surface area contributed by atoms with Crippen LogP contribution < -0.4 is 5.73 Å². The van der Waals surface area contributed by atoms with Crippen molar-refractivity contribution in [3.05, 3.63) is 37.8 Å². The summed E-state index contributed by atoms with van der Waals surface area (Å²) >= 11 is 0. The molecule has 1 aromatic carbocycles. The van der Waals surface area contributed by atoms with Crippen LogP contribution in [0, 0.1) is 7.43 Å².